The summed E-state index contributed by atoms with van der Waals surface area (Å²) in [5.74, 6) is -0.335. The second-order valence-corrected chi connectivity index (χ2v) is 8.13. The summed E-state index contributed by atoms with van der Waals surface area (Å²) in [5, 5.41) is 2.63. The Labute approximate surface area is 130 Å². The summed E-state index contributed by atoms with van der Waals surface area (Å²) in [6, 6.07) is 0. The summed E-state index contributed by atoms with van der Waals surface area (Å²) < 4.78 is 53.1. The zero-order valence-corrected chi connectivity index (χ0v) is 14.2. The van der Waals surface area contributed by atoms with Gasteiger partial charge in [-0.25, -0.2) is 26.3 Å². The molecule has 0 aliphatic carbocycles. The summed E-state index contributed by atoms with van der Waals surface area (Å²) in [5.41, 5.74) is 0. The fourth-order valence-corrected chi connectivity index (χ4v) is 3.95. The molecule has 0 aliphatic heterocycles. The van der Waals surface area contributed by atoms with Crippen molar-refractivity contribution >= 4 is 26.0 Å². The van der Waals surface area contributed by atoms with Gasteiger partial charge in [0.2, 0.25) is 26.0 Å². The van der Waals surface area contributed by atoms with E-state index in [0.717, 1.165) is 18.8 Å². The smallest absolute Gasteiger partial charge is 0.243 e. The van der Waals surface area contributed by atoms with Gasteiger partial charge in [-0.05, 0) is 20.5 Å². The summed E-state index contributed by atoms with van der Waals surface area (Å²) >= 11 is 0. The van der Waals surface area contributed by atoms with Gasteiger partial charge in [-0.1, -0.05) is 6.92 Å². The van der Waals surface area contributed by atoms with Gasteiger partial charge in [-0.2, -0.15) is 0 Å². The summed E-state index contributed by atoms with van der Waals surface area (Å²) in [6.07, 6.45) is 2.99. The maximum absolute atomic E-state index is 11.9. The van der Waals surface area contributed by atoms with Crippen molar-refractivity contribution in [3.8, 4) is 0 Å². The maximum Gasteiger partial charge on any atom is 0.243 e. The van der Waals surface area contributed by atoms with Gasteiger partial charge in [-0.3, -0.25) is 4.79 Å². The number of nitrogens with one attached hydrogen (secondary N) is 3. The molecule has 3 N–H and O–H groups in total. The third-order valence-corrected chi connectivity index (χ3v) is 5.84. The van der Waals surface area contributed by atoms with E-state index >= 15 is 0 Å². The van der Waals surface area contributed by atoms with Gasteiger partial charge in [0.15, 0.2) is 0 Å². The number of carbonyl (C=O) groups excluding carboxylic acids is 1. The number of carbonyl (C=O) groups is 1. The van der Waals surface area contributed by atoms with E-state index in [-0.39, 0.29) is 12.5 Å². The number of hydrogen-bond donors (Lipinski definition) is 3. The average Bonchev–Trinajstić information content (AvgIpc) is 2.90. The Morgan fingerprint density at radius 2 is 1.50 bits per heavy atom. The number of nitrogens with zero attached hydrogens (tertiary/aromatic N) is 1. The molecule has 0 aromatic carbocycles. The van der Waals surface area contributed by atoms with Crippen LogP contribution in [-0.2, 0) is 31.4 Å². The Kier molecular flexibility index (Phi) is 6.11. The highest BCUT2D eigenvalue weighted by Crippen LogP contribution is 2.21. The first-order valence-corrected chi connectivity index (χ1v) is 9.48. The molecular formula is C11H20N4O5S2. The lowest BCUT2D eigenvalue weighted by Crippen LogP contribution is -2.27. The molecule has 1 aromatic heterocycles. The lowest BCUT2D eigenvalue weighted by molar-refractivity contribution is -0.121. The zero-order valence-electron chi connectivity index (χ0n) is 12.6. The van der Waals surface area contributed by atoms with Crippen LogP contribution in [0.5, 0.6) is 0 Å². The van der Waals surface area contributed by atoms with Gasteiger partial charge in [0, 0.05) is 18.9 Å². The van der Waals surface area contributed by atoms with Crippen molar-refractivity contribution in [3.05, 3.63) is 12.4 Å². The van der Waals surface area contributed by atoms with E-state index in [9.17, 15) is 21.6 Å². The second-order valence-electron chi connectivity index (χ2n) is 4.42. The normalized spacial score (nSPS) is 12.3. The van der Waals surface area contributed by atoms with Crippen molar-refractivity contribution in [3.63, 3.8) is 0 Å². The first-order chi connectivity index (χ1) is 10.2. The number of aromatic nitrogens is 1. The van der Waals surface area contributed by atoms with Crippen LogP contribution in [0.3, 0.4) is 0 Å². The number of amides is 1. The highest BCUT2D eigenvalue weighted by atomic mass is 32.2. The minimum absolute atomic E-state index is 0.175. The number of rotatable bonds is 8. The molecule has 1 aromatic rings. The highest BCUT2D eigenvalue weighted by Gasteiger charge is 2.27. The molecule has 0 atom stereocenters. The van der Waals surface area contributed by atoms with E-state index in [1.54, 1.807) is 0 Å². The lowest BCUT2D eigenvalue weighted by atomic mass is 10.4. The van der Waals surface area contributed by atoms with Crippen LogP contribution in [0.2, 0.25) is 0 Å². The molecule has 0 saturated heterocycles. The van der Waals surface area contributed by atoms with Crippen LogP contribution in [0.4, 0.5) is 0 Å². The summed E-state index contributed by atoms with van der Waals surface area (Å²) in [6.45, 7) is 2.21. The molecule has 9 nitrogen and oxygen atoms in total. The highest BCUT2D eigenvalue weighted by molar-refractivity contribution is 7.92. The molecule has 1 amide bonds. The first kappa shape index (κ1) is 18.6. The molecule has 126 valence electrons. The third kappa shape index (κ3) is 4.29. The lowest BCUT2D eigenvalue weighted by Gasteiger charge is -2.04. The molecule has 0 fully saturated rings. The van der Waals surface area contributed by atoms with Crippen LogP contribution in [0.25, 0.3) is 0 Å². The van der Waals surface area contributed by atoms with Crippen molar-refractivity contribution < 1.29 is 21.6 Å². The van der Waals surface area contributed by atoms with E-state index in [0.29, 0.717) is 6.54 Å². The quantitative estimate of drug-likeness (QED) is 0.543. The fourth-order valence-electron chi connectivity index (χ4n) is 1.67. The minimum Gasteiger partial charge on any atom is -0.355 e. The molecule has 0 radical (unpaired) electrons. The zero-order chi connectivity index (χ0) is 17.0. The molecule has 22 heavy (non-hydrogen) atoms. The van der Waals surface area contributed by atoms with Gasteiger partial charge in [-0.15, -0.1) is 0 Å². The molecule has 0 spiro atoms. The SMILES string of the molecule is CCCNC(=O)Cn1cc(S(=O)(=O)NC)c(S(=O)(=O)NC)c1. The first-order valence-electron chi connectivity index (χ1n) is 6.51. The van der Waals surface area contributed by atoms with E-state index in [1.165, 1.54) is 18.7 Å². The molecular weight excluding hydrogens is 332 g/mol. The van der Waals surface area contributed by atoms with Crippen LogP contribution < -0.4 is 14.8 Å². The van der Waals surface area contributed by atoms with Gasteiger partial charge in [0.25, 0.3) is 0 Å². The molecule has 11 heteroatoms. The molecule has 1 rings (SSSR count). The Bertz CT molecular complexity index is 685. The molecule has 0 unspecified atom stereocenters. The predicted octanol–water partition coefficient (Wildman–Crippen LogP) is -1.17. The van der Waals surface area contributed by atoms with Gasteiger partial charge < -0.3 is 9.88 Å². The van der Waals surface area contributed by atoms with Crippen LogP contribution in [0.15, 0.2) is 22.2 Å². The summed E-state index contributed by atoms with van der Waals surface area (Å²) in [7, 11) is -5.60. The van der Waals surface area contributed by atoms with Crippen molar-refractivity contribution in [1.29, 1.82) is 0 Å². The minimum atomic E-state index is -3.98. The number of hydrogen-bond acceptors (Lipinski definition) is 5. The number of sulfonamides is 2. The van der Waals surface area contributed by atoms with E-state index < -0.39 is 29.8 Å². The standard InChI is InChI=1S/C11H20N4O5S2/c1-4-5-14-11(16)8-15-6-9(21(17,18)12-2)10(7-15)22(19,20)13-3/h6-7,12-13H,4-5,8H2,1-3H3,(H,14,16). The van der Waals surface area contributed by atoms with Crippen molar-refractivity contribution in [2.24, 2.45) is 0 Å². The Hall–Kier alpha value is -1.43. The molecule has 0 bridgehead atoms. The van der Waals surface area contributed by atoms with Crippen molar-refractivity contribution in [1.82, 2.24) is 19.3 Å². The van der Waals surface area contributed by atoms with Crippen LogP contribution in [0, 0.1) is 0 Å². The predicted molar refractivity (Wildman–Crippen MR) is 80.2 cm³/mol. The van der Waals surface area contributed by atoms with E-state index in [2.05, 4.69) is 14.8 Å². The van der Waals surface area contributed by atoms with Gasteiger partial charge in [0.05, 0.1) is 0 Å². The van der Waals surface area contributed by atoms with Crippen molar-refractivity contribution in [2.75, 3.05) is 20.6 Å². The van der Waals surface area contributed by atoms with Gasteiger partial charge in [0.1, 0.15) is 16.3 Å². The van der Waals surface area contributed by atoms with Crippen LogP contribution >= 0.6 is 0 Å². The summed E-state index contributed by atoms with van der Waals surface area (Å²) in [4.78, 5) is 10.8. The Balaban J connectivity index is 3.25. The topological polar surface area (TPSA) is 126 Å². The van der Waals surface area contributed by atoms with Crippen molar-refractivity contribution in [2.45, 2.75) is 29.7 Å². The molecule has 0 aliphatic rings. The average molecular weight is 352 g/mol. The monoisotopic (exact) mass is 352 g/mol. The van der Waals surface area contributed by atoms with E-state index in [1.807, 2.05) is 6.92 Å². The molecule has 0 saturated carbocycles. The van der Waals surface area contributed by atoms with Crippen LogP contribution in [-0.4, -0.2) is 47.9 Å². The van der Waals surface area contributed by atoms with Crippen LogP contribution in [0.1, 0.15) is 13.3 Å². The largest absolute Gasteiger partial charge is 0.355 e. The molecule has 1 heterocycles. The fraction of sp³-hybridized carbons (Fsp3) is 0.545. The Morgan fingerprint density at radius 3 is 1.86 bits per heavy atom. The third-order valence-electron chi connectivity index (χ3n) is 2.82. The van der Waals surface area contributed by atoms with E-state index in [4.69, 9.17) is 0 Å². The maximum atomic E-state index is 11.9. The second kappa shape index (κ2) is 7.22. The van der Waals surface area contributed by atoms with Gasteiger partial charge >= 0.3 is 0 Å². The Morgan fingerprint density at radius 1 is 1.05 bits per heavy atom.